The molecule has 5 saturated heterocycles. The summed E-state index contributed by atoms with van der Waals surface area (Å²) < 4.78 is 59.7. The van der Waals surface area contributed by atoms with Crippen molar-refractivity contribution in [1.29, 1.82) is 0 Å². The highest BCUT2D eigenvalue weighted by atomic mass is 32.2. The van der Waals surface area contributed by atoms with E-state index in [1.807, 2.05) is 27.7 Å². The lowest BCUT2D eigenvalue weighted by Crippen LogP contribution is -2.49. The Bertz CT molecular complexity index is 1220. The van der Waals surface area contributed by atoms with Gasteiger partial charge in [0.25, 0.3) is 5.91 Å². The second-order valence-corrected chi connectivity index (χ2v) is 17.0. The maximum absolute atomic E-state index is 14.2. The molecule has 3 unspecified atom stereocenters. The first-order valence-corrected chi connectivity index (χ1v) is 16.9. The highest BCUT2D eigenvalue weighted by molar-refractivity contribution is 7.90. The third-order valence-electron chi connectivity index (χ3n) is 11.4. The molecule has 2 bridgehead atoms. The highest BCUT2D eigenvalue weighted by Crippen LogP contribution is 2.70. The Morgan fingerprint density at radius 3 is 2.27 bits per heavy atom. The molecule has 5 aliphatic heterocycles. The van der Waals surface area contributed by atoms with E-state index in [9.17, 15) is 13.2 Å². The van der Waals surface area contributed by atoms with Gasteiger partial charge in [-0.1, -0.05) is 27.7 Å². The number of hydrogen-bond acceptors (Lipinski definition) is 10. The number of rotatable bonds is 4. The molecule has 10 atom stereocenters. The van der Waals surface area contributed by atoms with Gasteiger partial charge in [0, 0.05) is 17.9 Å². The zero-order chi connectivity index (χ0) is 29.5. The van der Waals surface area contributed by atoms with Gasteiger partial charge in [-0.2, -0.15) is 5.06 Å². The quantitative estimate of drug-likeness (QED) is 0.479. The molecule has 11 nitrogen and oxygen atoms in total. The van der Waals surface area contributed by atoms with Crippen LogP contribution in [0.4, 0.5) is 0 Å². The number of amides is 1. The van der Waals surface area contributed by atoms with E-state index in [0.717, 1.165) is 19.3 Å². The van der Waals surface area contributed by atoms with E-state index < -0.39 is 58.1 Å². The van der Waals surface area contributed by atoms with E-state index in [1.165, 1.54) is 4.31 Å². The van der Waals surface area contributed by atoms with E-state index >= 15 is 0 Å². The summed E-state index contributed by atoms with van der Waals surface area (Å²) in [5.41, 5.74) is -0.494. The van der Waals surface area contributed by atoms with Crippen molar-refractivity contribution < 1.29 is 41.7 Å². The molecule has 2 saturated carbocycles. The van der Waals surface area contributed by atoms with Crippen molar-refractivity contribution in [2.45, 2.75) is 141 Å². The Kier molecular flexibility index (Phi) is 6.25. The molecule has 7 aliphatic rings. The van der Waals surface area contributed by atoms with Crippen molar-refractivity contribution >= 4 is 15.9 Å². The standard InChI is InChI=1S/C29H46N2O9S/c1-15(2)17-12-18(24(32)31-20-11-16-9-10-29(20,26(16,3)4)14-41(31,33)34)40-30(17)25-23-22(38-28(7,8)39-23)21(36-25)19-13-35-27(5,6)37-19/h15-23,25H,9-14H2,1-8H3/t16?,17-,18-,19-,20?,21+,22?,23+,25-,29-/m1/s1. The van der Waals surface area contributed by atoms with Crippen LogP contribution in [-0.2, 0) is 43.3 Å². The summed E-state index contributed by atoms with van der Waals surface area (Å²) in [6.07, 6.45) is -0.319. The van der Waals surface area contributed by atoms with Crippen LogP contribution in [0.15, 0.2) is 0 Å². The number of hydrogen-bond donors (Lipinski definition) is 0. The number of carbonyl (C=O) groups is 1. The van der Waals surface area contributed by atoms with Crippen molar-refractivity contribution in [1.82, 2.24) is 9.37 Å². The molecular formula is C29H46N2O9S. The molecule has 5 heterocycles. The largest absolute Gasteiger partial charge is 0.349 e. The molecule has 2 aliphatic carbocycles. The first-order valence-electron chi connectivity index (χ1n) is 15.3. The summed E-state index contributed by atoms with van der Waals surface area (Å²) in [6, 6.07) is -0.482. The molecule has 0 aromatic carbocycles. The summed E-state index contributed by atoms with van der Waals surface area (Å²) in [5, 5.41) is 1.75. The van der Waals surface area contributed by atoms with Crippen LogP contribution in [0.1, 0.15) is 81.1 Å². The van der Waals surface area contributed by atoms with Crippen molar-refractivity contribution in [3.63, 3.8) is 0 Å². The lowest BCUT2D eigenvalue weighted by molar-refractivity contribution is -0.292. The van der Waals surface area contributed by atoms with E-state index in [0.29, 0.717) is 18.9 Å². The summed E-state index contributed by atoms with van der Waals surface area (Å²) in [7, 11) is -3.75. The van der Waals surface area contributed by atoms with Crippen LogP contribution < -0.4 is 0 Å². The van der Waals surface area contributed by atoms with Gasteiger partial charge in [-0.3, -0.25) is 9.63 Å². The summed E-state index contributed by atoms with van der Waals surface area (Å²) >= 11 is 0. The third kappa shape index (κ3) is 4.07. The number of fused-ring (bicyclic) bond motifs is 2. The van der Waals surface area contributed by atoms with Gasteiger partial charge in [-0.25, -0.2) is 12.7 Å². The van der Waals surface area contributed by atoms with E-state index in [-0.39, 0.29) is 40.7 Å². The van der Waals surface area contributed by atoms with Crippen LogP contribution in [0.5, 0.6) is 0 Å². The number of ether oxygens (including phenoxy) is 5. The van der Waals surface area contributed by atoms with Crippen LogP contribution >= 0.6 is 0 Å². The fourth-order valence-corrected chi connectivity index (χ4v) is 11.8. The monoisotopic (exact) mass is 598 g/mol. The molecule has 0 aromatic rings. The second kappa shape index (κ2) is 8.87. The maximum atomic E-state index is 14.2. The SMILES string of the molecule is CC(C)[C@H]1C[C@H](C(=O)N2C3CC4CC[C@]3(CS2(=O)=O)C4(C)C)ON1[C@@H]1O[C@@H]([C@H]2COC(C)(C)O2)C2OC(C)(C)O[C@@H]21. The first kappa shape index (κ1) is 28.9. The predicted octanol–water partition coefficient (Wildman–Crippen LogP) is 2.78. The lowest BCUT2D eigenvalue weighted by Gasteiger charge is -2.37. The molecule has 232 valence electrons. The van der Waals surface area contributed by atoms with E-state index in [2.05, 4.69) is 27.7 Å². The van der Waals surface area contributed by atoms with Gasteiger partial charge >= 0.3 is 0 Å². The van der Waals surface area contributed by atoms with Gasteiger partial charge in [-0.15, -0.1) is 0 Å². The maximum Gasteiger partial charge on any atom is 0.267 e. The van der Waals surface area contributed by atoms with Crippen molar-refractivity contribution in [2.24, 2.45) is 22.7 Å². The number of nitrogens with zero attached hydrogens (tertiary/aromatic N) is 2. The average Bonchev–Trinajstić information content (AvgIpc) is 3.67. The normalized spacial score (nSPS) is 48.8. The summed E-state index contributed by atoms with van der Waals surface area (Å²) in [4.78, 5) is 20.6. The molecule has 0 radical (unpaired) electrons. The van der Waals surface area contributed by atoms with Crippen LogP contribution in [0.2, 0.25) is 0 Å². The zero-order valence-electron chi connectivity index (χ0n) is 25.5. The van der Waals surface area contributed by atoms with Gasteiger partial charge in [-0.05, 0) is 64.2 Å². The molecule has 1 amide bonds. The van der Waals surface area contributed by atoms with E-state index in [4.69, 9.17) is 28.5 Å². The summed E-state index contributed by atoms with van der Waals surface area (Å²) in [5.74, 6) is -1.44. The Morgan fingerprint density at radius 1 is 0.927 bits per heavy atom. The van der Waals surface area contributed by atoms with Crippen molar-refractivity contribution in [2.75, 3.05) is 12.4 Å². The summed E-state index contributed by atoms with van der Waals surface area (Å²) in [6.45, 7) is 16.4. The molecular weight excluding hydrogens is 552 g/mol. The van der Waals surface area contributed by atoms with Crippen molar-refractivity contribution in [3.05, 3.63) is 0 Å². The molecule has 0 aromatic heterocycles. The minimum atomic E-state index is -3.75. The molecule has 12 heteroatoms. The fraction of sp³-hybridized carbons (Fsp3) is 0.966. The molecule has 0 N–H and O–H groups in total. The number of hydroxylamine groups is 2. The predicted molar refractivity (Wildman–Crippen MR) is 145 cm³/mol. The lowest BCUT2D eigenvalue weighted by atomic mass is 9.69. The Hall–Kier alpha value is -0.860. The van der Waals surface area contributed by atoms with Crippen LogP contribution in [-0.4, -0.2) is 96.5 Å². The van der Waals surface area contributed by atoms with Crippen LogP contribution in [0.25, 0.3) is 0 Å². The topological polar surface area (TPSA) is 113 Å². The van der Waals surface area contributed by atoms with Gasteiger partial charge in [0.05, 0.1) is 18.4 Å². The molecule has 7 rings (SSSR count). The first-order chi connectivity index (χ1) is 19.0. The fourth-order valence-electron chi connectivity index (χ4n) is 9.26. The van der Waals surface area contributed by atoms with Crippen LogP contribution in [0, 0.1) is 22.7 Å². The second-order valence-electron chi connectivity index (χ2n) is 15.2. The smallest absolute Gasteiger partial charge is 0.267 e. The molecule has 41 heavy (non-hydrogen) atoms. The average molecular weight is 599 g/mol. The highest BCUT2D eigenvalue weighted by Gasteiger charge is 2.73. The van der Waals surface area contributed by atoms with Crippen LogP contribution in [0.3, 0.4) is 0 Å². The van der Waals surface area contributed by atoms with Gasteiger partial charge in [0.1, 0.15) is 24.4 Å². The third-order valence-corrected chi connectivity index (χ3v) is 13.3. The van der Waals surface area contributed by atoms with E-state index in [1.54, 1.807) is 5.06 Å². The zero-order valence-corrected chi connectivity index (χ0v) is 26.3. The van der Waals surface area contributed by atoms with Gasteiger partial charge in [0.2, 0.25) is 10.0 Å². The number of sulfonamides is 1. The van der Waals surface area contributed by atoms with Gasteiger partial charge in [0.15, 0.2) is 23.9 Å². The Morgan fingerprint density at radius 2 is 1.63 bits per heavy atom. The minimum Gasteiger partial charge on any atom is -0.349 e. The minimum absolute atomic E-state index is 0.0428. The molecule has 1 spiro atoms. The number of carbonyl (C=O) groups excluding carboxylic acids is 1. The van der Waals surface area contributed by atoms with Crippen molar-refractivity contribution in [3.8, 4) is 0 Å². The Labute approximate surface area is 243 Å². The van der Waals surface area contributed by atoms with Gasteiger partial charge < -0.3 is 23.7 Å². The molecule has 7 fully saturated rings. The Balaban J connectivity index is 1.15.